The monoisotopic (exact) mass is 219 g/mol. The quantitative estimate of drug-likeness (QED) is 0.551. The maximum absolute atomic E-state index is 11.5. The van der Waals surface area contributed by atoms with Crippen molar-refractivity contribution in [1.82, 2.24) is 9.97 Å². The molecule has 0 radical (unpaired) electrons. The molecular formula is C11H13N3O2. The lowest BCUT2D eigenvalue weighted by Crippen LogP contribution is -2.22. The van der Waals surface area contributed by atoms with Crippen LogP contribution in [0.3, 0.4) is 0 Å². The van der Waals surface area contributed by atoms with Crippen LogP contribution < -0.4 is 4.90 Å². The minimum Gasteiger partial charge on any atom is -0.465 e. The molecule has 0 aliphatic carbocycles. The molecule has 5 nitrogen and oxygen atoms in total. The fourth-order valence-electron chi connectivity index (χ4n) is 1.21. The molecule has 0 amide bonds. The minimum atomic E-state index is -0.473. The molecule has 84 valence electrons. The summed E-state index contributed by atoms with van der Waals surface area (Å²) in [5, 5.41) is 0. The predicted molar refractivity (Wildman–Crippen MR) is 60.2 cm³/mol. The first-order chi connectivity index (χ1) is 7.60. The fourth-order valence-corrected chi connectivity index (χ4v) is 1.21. The van der Waals surface area contributed by atoms with E-state index in [2.05, 4.69) is 20.6 Å². The number of rotatable bonds is 3. The second-order valence-corrected chi connectivity index (χ2v) is 3.21. The molecule has 0 aliphatic heterocycles. The Labute approximate surface area is 94.5 Å². The van der Waals surface area contributed by atoms with Crippen LogP contribution in [0.15, 0.2) is 6.20 Å². The molecule has 1 rings (SSSR count). The van der Waals surface area contributed by atoms with E-state index >= 15 is 0 Å². The van der Waals surface area contributed by atoms with Crippen molar-refractivity contribution >= 4 is 11.8 Å². The van der Waals surface area contributed by atoms with Crippen molar-refractivity contribution in [2.45, 2.75) is 6.92 Å². The van der Waals surface area contributed by atoms with Crippen LogP contribution in [0, 0.1) is 19.3 Å². The van der Waals surface area contributed by atoms with Crippen molar-refractivity contribution < 1.29 is 9.53 Å². The number of ether oxygens (including phenoxy) is 1. The number of hydrogen-bond donors (Lipinski definition) is 0. The summed E-state index contributed by atoms with van der Waals surface area (Å²) in [5.41, 5.74) is 0.311. The molecule has 1 heterocycles. The van der Waals surface area contributed by atoms with E-state index in [9.17, 15) is 4.79 Å². The van der Waals surface area contributed by atoms with Gasteiger partial charge >= 0.3 is 5.97 Å². The summed E-state index contributed by atoms with van der Waals surface area (Å²) >= 11 is 0. The van der Waals surface area contributed by atoms with E-state index in [4.69, 9.17) is 6.42 Å². The van der Waals surface area contributed by atoms with Crippen LogP contribution in [-0.2, 0) is 4.74 Å². The van der Waals surface area contributed by atoms with Crippen LogP contribution >= 0.6 is 0 Å². The van der Waals surface area contributed by atoms with E-state index in [0.29, 0.717) is 23.8 Å². The van der Waals surface area contributed by atoms with Crippen LogP contribution in [0.4, 0.5) is 5.82 Å². The molecule has 0 bridgehead atoms. The van der Waals surface area contributed by atoms with E-state index in [1.54, 1.807) is 18.9 Å². The second-order valence-electron chi connectivity index (χ2n) is 3.21. The Morgan fingerprint density at radius 1 is 1.69 bits per heavy atom. The third-order valence-corrected chi connectivity index (χ3v) is 1.98. The topological polar surface area (TPSA) is 55.3 Å². The van der Waals surface area contributed by atoms with Crippen molar-refractivity contribution in [3.05, 3.63) is 17.6 Å². The van der Waals surface area contributed by atoms with E-state index in [1.807, 2.05) is 0 Å². The zero-order valence-electron chi connectivity index (χ0n) is 9.52. The highest BCUT2D eigenvalue weighted by atomic mass is 16.5. The molecule has 0 N–H and O–H groups in total. The largest absolute Gasteiger partial charge is 0.465 e. The minimum absolute atomic E-state index is 0.311. The normalized spacial score (nSPS) is 9.38. The number of terminal acetylenes is 1. The SMILES string of the molecule is C#CCN(C)c1nc(C)ncc1C(=O)OC. The molecule has 0 aliphatic rings. The summed E-state index contributed by atoms with van der Waals surface area (Å²) in [5.74, 6) is 3.07. The van der Waals surface area contributed by atoms with Crippen LogP contribution in [0.1, 0.15) is 16.2 Å². The van der Waals surface area contributed by atoms with Gasteiger partial charge < -0.3 is 9.64 Å². The lowest BCUT2D eigenvalue weighted by molar-refractivity contribution is 0.0600. The highest BCUT2D eigenvalue weighted by molar-refractivity contribution is 5.94. The van der Waals surface area contributed by atoms with E-state index in [1.165, 1.54) is 13.3 Å². The van der Waals surface area contributed by atoms with Crippen molar-refractivity contribution in [3.63, 3.8) is 0 Å². The average molecular weight is 219 g/mol. The maximum Gasteiger partial charge on any atom is 0.343 e. The van der Waals surface area contributed by atoms with Crippen LogP contribution in [0.5, 0.6) is 0 Å². The number of esters is 1. The molecule has 1 aromatic heterocycles. The molecule has 5 heteroatoms. The van der Waals surface area contributed by atoms with Gasteiger partial charge in [0.05, 0.1) is 13.7 Å². The van der Waals surface area contributed by atoms with Gasteiger partial charge in [0.25, 0.3) is 0 Å². The summed E-state index contributed by atoms with van der Waals surface area (Å²) < 4.78 is 4.65. The molecule has 0 saturated carbocycles. The average Bonchev–Trinajstić information content (AvgIpc) is 2.28. The Bertz CT molecular complexity index is 437. The molecule has 0 unspecified atom stereocenters. The number of carbonyl (C=O) groups is 1. The van der Waals surface area contributed by atoms with Crippen LogP contribution in [0.2, 0.25) is 0 Å². The Morgan fingerprint density at radius 2 is 2.38 bits per heavy atom. The van der Waals surface area contributed by atoms with Crippen molar-refractivity contribution in [2.24, 2.45) is 0 Å². The van der Waals surface area contributed by atoms with Gasteiger partial charge in [-0.2, -0.15) is 0 Å². The number of hydrogen-bond acceptors (Lipinski definition) is 5. The zero-order chi connectivity index (χ0) is 12.1. The van der Waals surface area contributed by atoms with E-state index < -0.39 is 5.97 Å². The van der Waals surface area contributed by atoms with Crippen LogP contribution in [-0.4, -0.2) is 36.6 Å². The van der Waals surface area contributed by atoms with Gasteiger partial charge in [-0.1, -0.05) is 5.92 Å². The number of anilines is 1. The first-order valence-corrected chi connectivity index (χ1v) is 4.66. The molecule has 0 atom stereocenters. The lowest BCUT2D eigenvalue weighted by Gasteiger charge is -2.17. The van der Waals surface area contributed by atoms with E-state index in [-0.39, 0.29) is 0 Å². The van der Waals surface area contributed by atoms with Crippen molar-refractivity contribution in [2.75, 3.05) is 25.6 Å². The molecule has 0 spiro atoms. The Hall–Kier alpha value is -2.09. The standard InChI is InChI=1S/C11H13N3O2/c1-5-6-14(3)10-9(11(15)16-4)7-12-8(2)13-10/h1,7H,6H2,2-4H3. The first kappa shape index (κ1) is 12.0. The van der Waals surface area contributed by atoms with E-state index in [0.717, 1.165) is 0 Å². The summed E-state index contributed by atoms with van der Waals surface area (Å²) in [7, 11) is 3.07. The number of methoxy groups -OCH3 is 1. The Morgan fingerprint density at radius 3 is 2.94 bits per heavy atom. The molecule has 16 heavy (non-hydrogen) atoms. The summed E-state index contributed by atoms with van der Waals surface area (Å²) in [4.78, 5) is 21.3. The fraction of sp³-hybridized carbons (Fsp3) is 0.364. The Balaban J connectivity index is 3.18. The van der Waals surface area contributed by atoms with Gasteiger partial charge in [0.1, 0.15) is 17.2 Å². The van der Waals surface area contributed by atoms with Crippen molar-refractivity contribution in [3.8, 4) is 12.3 Å². The molecule has 1 aromatic rings. The van der Waals surface area contributed by atoms with Gasteiger partial charge in [-0.15, -0.1) is 6.42 Å². The smallest absolute Gasteiger partial charge is 0.343 e. The maximum atomic E-state index is 11.5. The highest BCUT2D eigenvalue weighted by Crippen LogP contribution is 2.16. The summed E-state index contributed by atoms with van der Waals surface area (Å²) in [6.45, 7) is 2.11. The van der Waals surface area contributed by atoms with Gasteiger partial charge in [-0.3, -0.25) is 0 Å². The van der Waals surface area contributed by atoms with Crippen LogP contribution in [0.25, 0.3) is 0 Å². The number of nitrogens with zero attached hydrogens (tertiary/aromatic N) is 3. The number of aromatic nitrogens is 2. The van der Waals surface area contributed by atoms with Gasteiger partial charge in [0, 0.05) is 13.2 Å². The third kappa shape index (κ3) is 2.48. The highest BCUT2D eigenvalue weighted by Gasteiger charge is 2.16. The summed E-state index contributed by atoms with van der Waals surface area (Å²) in [6, 6.07) is 0. The van der Waals surface area contributed by atoms with Gasteiger partial charge in [0.2, 0.25) is 0 Å². The van der Waals surface area contributed by atoms with Gasteiger partial charge in [-0.05, 0) is 6.92 Å². The second kappa shape index (κ2) is 5.12. The summed E-state index contributed by atoms with van der Waals surface area (Å²) in [6.07, 6.45) is 6.65. The van der Waals surface area contributed by atoms with Crippen molar-refractivity contribution in [1.29, 1.82) is 0 Å². The molecule has 0 aromatic carbocycles. The lowest BCUT2D eigenvalue weighted by atomic mass is 10.3. The number of carbonyl (C=O) groups excluding carboxylic acids is 1. The Kier molecular flexibility index (Phi) is 3.84. The van der Waals surface area contributed by atoms with Gasteiger partial charge in [0.15, 0.2) is 0 Å². The first-order valence-electron chi connectivity index (χ1n) is 4.66. The number of aryl methyl sites for hydroxylation is 1. The molecular weight excluding hydrogens is 206 g/mol. The predicted octanol–water partition coefficient (Wildman–Crippen LogP) is 0.641. The molecule has 0 saturated heterocycles. The zero-order valence-corrected chi connectivity index (χ0v) is 9.52. The van der Waals surface area contributed by atoms with Gasteiger partial charge in [-0.25, -0.2) is 14.8 Å². The molecule has 0 fully saturated rings. The third-order valence-electron chi connectivity index (χ3n) is 1.98.